The van der Waals surface area contributed by atoms with Gasteiger partial charge in [-0.05, 0) is 60.8 Å². The Labute approximate surface area is 183 Å². The molecule has 11 nitrogen and oxygen atoms in total. The molecule has 0 spiro atoms. The second-order valence-corrected chi connectivity index (χ2v) is 9.30. The van der Waals surface area contributed by atoms with Gasteiger partial charge in [0, 0.05) is 19.1 Å². The molecule has 0 aliphatic heterocycles. The van der Waals surface area contributed by atoms with Crippen molar-refractivity contribution >= 4 is 24.0 Å². The third-order valence-electron chi connectivity index (χ3n) is 3.87. The van der Waals surface area contributed by atoms with E-state index in [1.165, 1.54) is 0 Å². The van der Waals surface area contributed by atoms with Crippen molar-refractivity contribution in [2.75, 3.05) is 13.1 Å². The van der Waals surface area contributed by atoms with Crippen molar-refractivity contribution in [2.45, 2.75) is 84.1 Å². The number of carboxylic acid groups (broad SMARTS) is 2. The van der Waals surface area contributed by atoms with Crippen LogP contribution in [0.25, 0.3) is 0 Å². The second kappa shape index (κ2) is 12.5. The molecular weight excluding hydrogens is 410 g/mol. The van der Waals surface area contributed by atoms with Crippen molar-refractivity contribution < 1.29 is 38.9 Å². The van der Waals surface area contributed by atoms with Gasteiger partial charge >= 0.3 is 24.0 Å². The van der Waals surface area contributed by atoms with Crippen molar-refractivity contribution in [1.82, 2.24) is 10.6 Å². The molecule has 0 aromatic rings. The predicted molar refractivity (Wildman–Crippen MR) is 112 cm³/mol. The van der Waals surface area contributed by atoms with Crippen LogP contribution in [0.2, 0.25) is 0 Å². The van der Waals surface area contributed by atoms with E-state index >= 15 is 0 Å². The zero-order valence-corrected chi connectivity index (χ0v) is 19.2. The van der Waals surface area contributed by atoms with Crippen LogP contribution >= 0.6 is 0 Å². The van der Waals surface area contributed by atoms with Gasteiger partial charge in [0.1, 0.15) is 11.2 Å². The van der Waals surface area contributed by atoms with E-state index in [-0.39, 0.29) is 32.4 Å². The summed E-state index contributed by atoms with van der Waals surface area (Å²) >= 11 is 0. The van der Waals surface area contributed by atoms with Crippen LogP contribution in [-0.4, -0.2) is 70.6 Å². The smallest absolute Gasteiger partial charge is 0.407 e. The minimum atomic E-state index is -1.57. The second-order valence-electron chi connectivity index (χ2n) is 9.30. The molecule has 3 unspecified atom stereocenters. The number of amides is 1. The van der Waals surface area contributed by atoms with Gasteiger partial charge < -0.3 is 30.7 Å². The molecule has 31 heavy (non-hydrogen) atoms. The normalized spacial score (nSPS) is 14.8. The quantitative estimate of drug-likeness (QED) is 0.215. The van der Waals surface area contributed by atoms with Crippen molar-refractivity contribution in [1.29, 1.82) is 0 Å². The van der Waals surface area contributed by atoms with Gasteiger partial charge in [-0.25, -0.2) is 14.4 Å². The van der Waals surface area contributed by atoms with E-state index < -0.39 is 53.2 Å². The molecule has 3 atom stereocenters. The summed E-state index contributed by atoms with van der Waals surface area (Å²) in [6, 6.07) is -2.15. The average Bonchev–Trinajstić information content (AvgIpc) is 2.53. The van der Waals surface area contributed by atoms with E-state index in [1.54, 1.807) is 41.5 Å². The van der Waals surface area contributed by atoms with Gasteiger partial charge in [0.25, 0.3) is 0 Å². The zero-order valence-electron chi connectivity index (χ0n) is 19.2. The zero-order chi connectivity index (χ0) is 24.4. The van der Waals surface area contributed by atoms with Crippen LogP contribution < -0.4 is 16.4 Å². The monoisotopic (exact) mass is 447 g/mol. The third kappa shape index (κ3) is 14.3. The number of hydrogen-bond acceptors (Lipinski definition) is 8. The molecule has 0 radical (unpaired) electrons. The Morgan fingerprint density at radius 1 is 0.871 bits per heavy atom. The molecular formula is C20H37N3O8. The average molecular weight is 448 g/mol. The van der Waals surface area contributed by atoms with E-state index in [1.807, 2.05) is 0 Å². The van der Waals surface area contributed by atoms with E-state index in [2.05, 4.69) is 10.6 Å². The summed E-state index contributed by atoms with van der Waals surface area (Å²) < 4.78 is 10.2. The van der Waals surface area contributed by atoms with Gasteiger partial charge in [-0.1, -0.05) is 0 Å². The Morgan fingerprint density at radius 3 is 1.87 bits per heavy atom. The molecule has 0 saturated carbocycles. The van der Waals surface area contributed by atoms with Gasteiger partial charge in [-0.2, -0.15) is 0 Å². The van der Waals surface area contributed by atoms with Gasteiger partial charge in [-0.15, -0.1) is 0 Å². The third-order valence-corrected chi connectivity index (χ3v) is 3.87. The van der Waals surface area contributed by atoms with Crippen LogP contribution in [-0.2, 0) is 23.9 Å². The first-order valence-electron chi connectivity index (χ1n) is 10.2. The number of esters is 1. The number of nitrogens with one attached hydrogen (secondary N) is 2. The van der Waals surface area contributed by atoms with Gasteiger partial charge in [0.05, 0.1) is 5.92 Å². The first-order valence-corrected chi connectivity index (χ1v) is 10.2. The van der Waals surface area contributed by atoms with Crippen LogP contribution in [0.4, 0.5) is 4.79 Å². The molecule has 0 aliphatic rings. The molecule has 0 rings (SSSR count). The van der Waals surface area contributed by atoms with Gasteiger partial charge in [-0.3, -0.25) is 10.1 Å². The SMILES string of the molecule is CC(C)(C)OC(=O)NCCC(CCC(N)CNC(C(=O)O)C(=O)OC(C)(C)C)C(=O)O. The van der Waals surface area contributed by atoms with E-state index in [4.69, 9.17) is 15.2 Å². The van der Waals surface area contributed by atoms with Crippen molar-refractivity contribution in [3.05, 3.63) is 0 Å². The number of carbonyl (C=O) groups is 4. The Hall–Kier alpha value is -2.40. The number of rotatable bonds is 12. The van der Waals surface area contributed by atoms with Crippen molar-refractivity contribution in [3.8, 4) is 0 Å². The van der Waals surface area contributed by atoms with Gasteiger partial charge in [0.2, 0.25) is 6.04 Å². The summed E-state index contributed by atoms with van der Waals surface area (Å²) in [6.07, 6.45) is 0.0548. The van der Waals surface area contributed by atoms with E-state index in [0.717, 1.165) is 0 Å². The van der Waals surface area contributed by atoms with Crippen molar-refractivity contribution in [3.63, 3.8) is 0 Å². The molecule has 0 saturated heterocycles. The largest absolute Gasteiger partial charge is 0.481 e. The predicted octanol–water partition coefficient (Wildman–Crippen LogP) is 1.09. The fraction of sp³-hybridized carbons (Fsp3) is 0.800. The Bertz CT molecular complexity index is 625. The molecule has 0 heterocycles. The summed E-state index contributed by atoms with van der Waals surface area (Å²) in [7, 11) is 0. The molecule has 1 amide bonds. The first-order chi connectivity index (χ1) is 14.0. The lowest BCUT2D eigenvalue weighted by Crippen LogP contribution is -2.50. The molecule has 0 aromatic heterocycles. The molecule has 0 aromatic carbocycles. The standard InChI is InChI=1S/C20H37N3O8/c1-19(2,3)30-17(28)14(16(26)27)23-11-13(21)8-7-12(15(24)25)9-10-22-18(29)31-20(4,5)6/h12-14,23H,7-11,21H2,1-6H3,(H,22,29)(H,24,25)(H,26,27). The Kier molecular flexibility index (Phi) is 11.5. The molecule has 11 heteroatoms. The summed E-state index contributed by atoms with van der Waals surface area (Å²) in [5, 5.41) is 23.7. The lowest BCUT2D eigenvalue weighted by molar-refractivity contribution is -0.163. The minimum Gasteiger partial charge on any atom is -0.481 e. The minimum absolute atomic E-state index is 0.0152. The summed E-state index contributed by atoms with van der Waals surface area (Å²) in [4.78, 5) is 46.4. The molecule has 0 bridgehead atoms. The number of aliphatic carboxylic acids is 2. The van der Waals surface area contributed by atoms with Crippen LogP contribution in [0.1, 0.15) is 60.8 Å². The van der Waals surface area contributed by atoms with Gasteiger partial charge in [0.15, 0.2) is 0 Å². The van der Waals surface area contributed by atoms with Crippen LogP contribution in [0.15, 0.2) is 0 Å². The fourth-order valence-corrected chi connectivity index (χ4v) is 2.47. The Balaban J connectivity index is 4.52. The van der Waals surface area contributed by atoms with Crippen LogP contribution in [0.3, 0.4) is 0 Å². The molecule has 6 N–H and O–H groups in total. The highest BCUT2D eigenvalue weighted by Crippen LogP contribution is 2.13. The number of ether oxygens (including phenoxy) is 2. The lowest BCUT2D eigenvalue weighted by atomic mass is 9.97. The fourth-order valence-electron chi connectivity index (χ4n) is 2.47. The molecule has 0 fully saturated rings. The molecule has 180 valence electrons. The number of nitrogens with two attached hydrogens (primary N) is 1. The number of hydrogen-bond donors (Lipinski definition) is 5. The highest BCUT2D eigenvalue weighted by atomic mass is 16.6. The maximum Gasteiger partial charge on any atom is 0.407 e. The summed E-state index contributed by atoms with van der Waals surface area (Å²) in [5.74, 6) is -4.09. The summed E-state index contributed by atoms with van der Waals surface area (Å²) in [6.45, 7) is 10.1. The maximum absolute atomic E-state index is 12.0. The van der Waals surface area contributed by atoms with Crippen LogP contribution in [0, 0.1) is 5.92 Å². The lowest BCUT2D eigenvalue weighted by Gasteiger charge is -2.24. The maximum atomic E-state index is 12.0. The first kappa shape index (κ1) is 28.6. The number of carbonyl (C=O) groups excluding carboxylic acids is 2. The Morgan fingerprint density at radius 2 is 1.42 bits per heavy atom. The number of alkyl carbamates (subject to hydrolysis) is 1. The van der Waals surface area contributed by atoms with Crippen molar-refractivity contribution in [2.24, 2.45) is 11.7 Å². The summed E-state index contributed by atoms with van der Waals surface area (Å²) in [5.41, 5.74) is 4.47. The van der Waals surface area contributed by atoms with Crippen LogP contribution in [0.5, 0.6) is 0 Å². The highest BCUT2D eigenvalue weighted by molar-refractivity contribution is 5.98. The molecule has 0 aliphatic carbocycles. The van der Waals surface area contributed by atoms with E-state index in [0.29, 0.717) is 0 Å². The number of carboxylic acids is 2. The topological polar surface area (TPSA) is 177 Å². The highest BCUT2D eigenvalue weighted by Gasteiger charge is 2.31. The van der Waals surface area contributed by atoms with E-state index in [9.17, 15) is 29.4 Å².